The molecule has 98 valence electrons. The van der Waals surface area contributed by atoms with Crippen LogP contribution < -0.4 is 5.73 Å². The van der Waals surface area contributed by atoms with Crippen LogP contribution in [0.25, 0.3) is 0 Å². The van der Waals surface area contributed by atoms with E-state index in [4.69, 9.17) is 5.73 Å². The van der Waals surface area contributed by atoms with Gasteiger partial charge in [-0.15, -0.1) is 11.3 Å². The van der Waals surface area contributed by atoms with Crippen LogP contribution in [0.4, 0.5) is 13.2 Å². The Labute approximate surface area is 102 Å². The second-order valence-electron chi connectivity index (χ2n) is 3.92. The normalized spacial score (nSPS) is 15.9. The number of ether oxygens (including phenoxy) is 1. The van der Waals surface area contributed by atoms with Crippen LogP contribution in [0.1, 0.15) is 30.5 Å². The highest BCUT2D eigenvalue weighted by molar-refractivity contribution is 7.09. The second kappa shape index (κ2) is 5.79. The number of alkyl halides is 3. The molecule has 3 nitrogen and oxygen atoms in total. The van der Waals surface area contributed by atoms with Crippen molar-refractivity contribution in [2.75, 3.05) is 6.61 Å². The van der Waals surface area contributed by atoms with Crippen molar-refractivity contribution in [3.8, 4) is 0 Å². The van der Waals surface area contributed by atoms with Gasteiger partial charge in [0, 0.05) is 17.3 Å². The summed E-state index contributed by atoms with van der Waals surface area (Å²) >= 11 is 1.29. The highest BCUT2D eigenvalue weighted by Crippen LogP contribution is 2.22. The predicted molar refractivity (Wildman–Crippen MR) is 59.9 cm³/mol. The van der Waals surface area contributed by atoms with Gasteiger partial charge in [-0.2, -0.15) is 13.2 Å². The van der Waals surface area contributed by atoms with Gasteiger partial charge in [0.25, 0.3) is 0 Å². The molecular formula is C10H15F3N2OS. The molecule has 1 rings (SSSR count). The smallest absolute Gasteiger partial charge is 0.365 e. The molecule has 0 amide bonds. The number of nitrogens with two attached hydrogens (primary N) is 1. The van der Waals surface area contributed by atoms with E-state index >= 15 is 0 Å². The van der Waals surface area contributed by atoms with Gasteiger partial charge >= 0.3 is 6.18 Å². The lowest BCUT2D eigenvalue weighted by Gasteiger charge is -2.12. The molecule has 0 spiro atoms. The number of nitrogens with zero attached hydrogens (tertiary/aromatic N) is 1. The summed E-state index contributed by atoms with van der Waals surface area (Å²) in [5.74, 6) is 0.0858. The molecule has 17 heavy (non-hydrogen) atoms. The number of aromatic nitrogens is 1. The summed E-state index contributed by atoms with van der Waals surface area (Å²) in [6.45, 7) is 2.44. The monoisotopic (exact) mass is 268 g/mol. The van der Waals surface area contributed by atoms with Crippen molar-refractivity contribution in [3.63, 3.8) is 0 Å². The number of thiazole rings is 1. The zero-order valence-corrected chi connectivity index (χ0v) is 10.4. The highest BCUT2D eigenvalue weighted by Gasteiger charge is 2.27. The van der Waals surface area contributed by atoms with Gasteiger partial charge in [0.05, 0.1) is 12.3 Å². The molecule has 7 heteroatoms. The average Bonchev–Trinajstić information content (AvgIpc) is 2.63. The molecule has 1 aromatic heterocycles. The molecule has 2 atom stereocenters. The van der Waals surface area contributed by atoms with Gasteiger partial charge in [-0.3, -0.25) is 0 Å². The Balaban J connectivity index is 2.46. The lowest BCUT2D eigenvalue weighted by molar-refractivity contribution is -0.176. The van der Waals surface area contributed by atoms with Crippen molar-refractivity contribution in [1.82, 2.24) is 4.98 Å². The first-order valence-electron chi connectivity index (χ1n) is 5.14. The van der Waals surface area contributed by atoms with Gasteiger partial charge in [-0.05, 0) is 6.92 Å². The van der Waals surface area contributed by atoms with Gasteiger partial charge in [-0.1, -0.05) is 6.92 Å². The molecule has 0 radical (unpaired) electrons. The van der Waals surface area contributed by atoms with Gasteiger partial charge in [-0.25, -0.2) is 4.98 Å². The maximum Gasteiger partial charge on any atom is 0.411 e. The molecule has 0 saturated heterocycles. The van der Waals surface area contributed by atoms with Crippen LogP contribution in [0, 0.1) is 0 Å². The van der Waals surface area contributed by atoms with Crippen molar-refractivity contribution in [2.45, 2.75) is 38.6 Å². The van der Waals surface area contributed by atoms with Crippen molar-refractivity contribution < 1.29 is 17.9 Å². The summed E-state index contributed by atoms with van der Waals surface area (Å²) in [6.07, 6.45) is -4.29. The standard InChI is InChI=1S/C10H15F3N2OS/c1-6(7(2)14)8-4-17-9(15-8)3-16-5-10(11,12)13/h4,6-7H,3,5,14H2,1-2H3. The van der Waals surface area contributed by atoms with E-state index in [9.17, 15) is 13.2 Å². The summed E-state index contributed by atoms with van der Waals surface area (Å²) in [5.41, 5.74) is 6.52. The lowest BCUT2D eigenvalue weighted by atomic mass is 10.0. The van der Waals surface area contributed by atoms with E-state index in [2.05, 4.69) is 9.72 Å². The van der Waals surface area contributed by atoms with E-state index in [1.165, 1.54) is 11.3 Å². The number of hydrogen-bond acceptors (Lipinski definition) is 4. The first kappa shape index (κ1) is 14.4. The summed E-state index contributed by atoms with van der Waals surface area (Å²) < 4.78 is 40.0. The Hall–Kier alpha value is -0.660. The zero-order valence-electron chi connectivity index (χ0n) is 9.62. The Kier molecular flexibility index (Phi) is 4.91. The molecule has 0 aliphatic rings. The lowest BCUT2D eigenvalue weighted by Crippen LogP contribution is -2.22. The van der Waals surface area contributed by atoms with Crippen molar-refractivity contribution in [1.29, 1.82) is 0 Å². The number of hydrogen-bond donors (Lipinski definition) is 1. The fourth-order valence-electron chi connectivity index (χ4n) is 1.12. The summed E-state index contributed by atoms with van der Waals surface area (Å²) in [4.78, 5) is 4.20. The van der Waals surface area contributed by atoms with Crippen LogP contribution in [-0.2, 0) is 11.3 Å². The van der Waals surface area contributed by atoms with Crippen molar-refractivity contribution in [2.24, 2.45) is 5.73 Å². The first-order valence-corrected chi connectivity index (χ1v) is 6.02. The molecule has 2 unspecified atom stereocenters. The third-order valence-electron chi connectivity index (χ3n) is 2.32. The van der Waals surface area contributed by atoms with E-state index in [-0.39, 0.29) is 18.6 Å². The molecule has 0 aromatic carbocycles. The SMILES string of the molecule is CC(N)C(C)c1csc(COCC(F)(F)F)n1. The second-order valence-corrected chi connectivity index (χ2v) is 4.86. The average molecular weight is 268 g/mol. The van der Waals surface area contributed by atoms with E-state index in [0.29, 0.717) is 5.01 Å². The maximum atomic E-state index is 11.8. The van der Waals surface area contributed by atoms with Gasteiger partial charge in [0.1, 0.15) is 11.6 Å². The van der Waals surface area contributed by atoms with Crippen LogP contribution in [0.5, 0.6) is 0 Å². The minimum atomic E-state index is -4.29. The van der Waals surface area contributed by atoms with Crippen LogP contribution in [0.3, 0.4) is 0 Å². The quantitative estimate of drug-likeness (QED) is 0.893. The van der Waals surface area contributed by atoms with E-state index in [0.717, 1.165) is 5.69 Å². The summed E-state index contributed by atoms with van der Waals surface area (Å²) in [5, 5.41) is 2.34. The van der Waals surface area contributed by atoms with Gasteiger partial charge < -0.3 is 10.5 Å². The maximum absolute atomic E-state index is 11.8. The van der Waals surface area contributed by atoms with Crippen LogP contribution >= 0.6 is 11.3 Å². The predicted octanol–water partition coefficient (Wildman–Crippen LogP) is 2.67. The Morgan fingerprint density at radius 2 is 2.12 bits per heavy atom. The van der Waals surface area contributed by atoms with Crippen LogP contribution in [-0.4, -0.2) is 23.8 Å². The van der Waals surface area contributed by atoms with E-state index in [1.807, 2.05) is 13.8 Å². The van der Waals surface area contributed by atoms with Gasteiger partial charge in [0.15, 0.2) is 0 Å². The third-order valence-corrected chi connectivity index (χ3v) is 3.16. The third kappa shape index (κ3) is 5.01. The largest absolute Gasteiger partial charge is 0.411 e. The number of rotatable bonds is 5. The first-order chi connectivity index (χ1) is 7.79. The summed E-state index contributed by atoms with van der Waals surface area (Å²) in [6, 6.07) is -0.0407. The van der Waals surface area contributed by atoms with E-state index in [1.54, 1.807) is 5.38 Å². The minimum absolute atomic E-state index is 0.0407. The fourth-order valence-corrected chi connectivity index (χ4v) is 1.96. The molecule has 0 aliphatic carbocycles. The molecule has 0 fully saturated rings. The van der Waals surface area contributed by atoms with Crippen LogP contribution in [0.15, 0.2) is 5.38 Å². The van der Waals surface area contributed by atoms with Crippen molar-refractivity contribution in [3.05, 3.63) is 16.1 Å². The van der Waals surface area contributed by atoms with Crippen molar-refractivity contribution >= 4 is 11.3 Å². The highest BCUT2D eigenvalue weighted by atomic mass is 32.1. The van der Waals surface area contributed by atoms with E-state index < -0.39 is 12.8 Å². The van der Waals surface area contributed by atoms with Crippen LogP contribution in [0.2, 0.25) is 0 Å². The molecule has 1 aromatic rings. The molecule has 1 heterocycles. The summed E-state index contributed by atoms with van der Waals surface area (Å²) in [7, 11) is 0. The molecular weight excluding hydrogens is 253 g/mol. The Morgan fingerprint density at radius 3 is 2.65 bits per heavy atom. The zero-order chi connectivity index (χ0) is 13.1. The molecule has 0 aliphatic heterocycles. The minimum Gasteiger partial charge on any atom is -0.365 e. The van der Waals surface area contributed by atoms with Gasteiger partial charge in [0.2, 0.25) is 0 Å². The molecule has 0 bridgehead atoms. The topological polar surface area (TPSA) is 48.1 Å². The Bertz CT molecular complexity index is 352. The molecule has 0 saturated carbocycles. The number of halogens is 3. The fraction of sp³-hybridized carbons (Fsp3) is 0.700. The molecule has 2 N–H and O–H groups in total. The Morgan fingerprint density at radius 1 is 1.47 bits per heavy atom.